The van der Waals surface area contributed by atoms with Crippen LogP contribution in [0.15, 0.2) is 77.3 Å². The van der Waals surface area contributed by atoms with Crippen LogP contribution in [0.1, 0.15) is 44.9 Å². The number of amides is 2. The molecule has 0 bridgehead atoms. The summed E-state index contributed by atoms with van der Waals surface area (Å²) < 4.78 is 11.9. The Balaban J connectivity index is 1.56. The molecule has 9 heteroatoms. The van der Waals surface area contributed by atoms with E-state index in [1.807, 2.05) is 53.4 Å². The van der Waals surface area contributed by atoms with Crippen LogP contribution >= 0.6 is 23.2 Å². The van der Waals surface area contributed by atoms with Crippen molar-refractivity contribution in [3.05, 3.63) is 105 Å². The summed E-state index contributed by atoms with van der Waals surface area (Å²) in [6.07, 6.45) is 1.94. The number of aryl methyl sites for hydroxylation is 1. The summed E-state index contributed by atoms with van der Waals surface area (Å²) in [5.41, 5.74) is 2.88. The van der Waals surface area contributed by atoms with Crippen LogP contribution in [-0.4, -0.2) is 59.6 Å². The van der Waals surface area contributed by atoms with Gasteiger partial charge in [-0.05, 0) is 56.0 Å². The molecular formula is C32H31Cl2N3O4. The van der Waals surface area contributed by atoms with Gasteiger partial charge < -0.3 is 19.1 Å². The summed E-state index contributed by atoms with van der Waals surface area (Å²) in [7, 11) is 1.76. The fraction of sp³-hybridized carbons (Fsp3) is 0.281. The second-order valence-electron chi connectivity index (χ2n) is 10.2. The summed E-state index contributed by atoms with van der Waals surface area (Å²) in [6.45, 7) is 2.88. The van der Waals surface area contributed by atoms with Gasteiger partial charge in [-0.2, -0.15) is 0 Å². The molecule has 0 N–H and O–H groups in total. The van der Waals surface area contributed by atoms with Gasteiger partial charge in [0.15, 0.2) is 0 Å². The van der Waals surface area contributed by atoms with Crippen molar-refractivity contribution in [3.8, 4) is 17.0 Å². The third-order valence-electron chi connectivity index (χ3n) is 7.31. The van der Waals surface area contributed by atoms with Gasteiger partial charge in [0.2, 0.25) is 0 Å². The molecule has 5 rings (SSSR count). The summed E-state index contributed by atoms with van der Waals surface area (Å²) in [5, 5.41) is 5.17. The van der Waals surface area contributed by atoms with Gasteiger partial charge in [-0.25, -0.2) is 0 Å². The van der Waals surface area contributed by atoms with Crippen LogP contribution < -0.4 is 4.74 Å². The summed E-state index contributed by atoms with van der Waals surface area (Å²) >= 11 is 12.8. The second-order valence-corrected chi connectivity index (χ2v) is 11.0. The van der Waals surface area contributed by atoms with E-state index in [9.17, 15) is 9.59 Å². The van der Waals surface area contributed by atoms with E-state index in [1.54, 1.807) is 43.1 Å². The van der Waals surface area contributed by atoms with Crippen molar-refractivity contribution >= 4 is 35.0 Å². The zero-order chi connectivity index (χ0) is 28.9. The van der Waals surface area contributed by atoms with Gasteiger partial charge in [-0.15, -0.1) is 0 Å². The highest BCUT2D eigenvalue weighted by Crippen LogP contribution is 2.33. The van der Waals surface area contributed by atoms with E-state index in [2.05, 4.69) is 5.16 Å². The fourth-order valence-electron chi connectivity index (χ4n) is 5.12. The minimum Gasteiger partial charge on any atom is -0.491 e. The first-order chi connectivity index (χ1) is 19.8. The van der Waals surface area contributed by atoms with Crippen molar-refractivity contribution in [3.63, 3.8) is 0 Å². The van der Waals surface area contributed by atoms with Gasteiger partial charge in [-0.1, -0.05) is 76.9 Å². The normalized spacial score (nSPS) is 16.4. The first-order valence-electron chi connectivity index (χ1n) is 13.6. The predicted molar refractivity (Wildman–Crippen MR) is 160 cm³/mol. The molecule has 7 nitrogen and oxygen atoms in total. The molecule has 1 aromatic heterocycles. The molecule has 0 saturated carbocycles. The third kappa shape index (κ3) is 6.42. The number of carbonyl (C=O) groups is 2. The smallest absolute Gasteiger partial charge is 0.260 e. The molecule has 0 saturated heterocycles. The number of aromatic nitrogens is 1. The SMILES string of the molecule is Cc1onc(-c2ccccc2Cl)c1C(=O)N1CCCCN(C)C(=O)c2cc(Cl)ccc2OC[C@H]1Cc1ccccc1. The van der Waals surface area contributed by atoms with Crippen molar-refractivity contribution in [1.29, 1.82) is 0 Å². The van der Waals surface area contributed by atoms with E-state index < -0.39 is 0 Å². The van der Waals surface area contributed by atoms with Crippen LogP contribution in [0.25, 0.3) is 11.3 Å². The summed E-state index contributed by atoms with van der Waals surface area (Å²) in [6, 6.07) is 21.9. The maximum absolute atomic E-state index is 14.5. The summed E-state index contributed by atoms with van der Waals surface area (Å²) in [5.74, 6) is 0.483. The molecule has 0 spiro atoms. The molecule has 2 amide bonds. The average Bonchev–Trinajstić information content (AvgIpc) is 3.36. The van der Waals surface area contributed by atoms with E-state index >= 15 is 0 Å². The van der Waals surface area contributed by atoms with Gasteiger partial charge in [0.05, 0.1) is 16.6 Å². The molecule has 0 radical (unpaired) electrons. The zero-order valence-corrected chi connectivity index (χ0v) is 24.5. The molecule has 2 heterocycles. The molecule has 41 heavy (non-hydrogen) atoms. The number of halogens is 2. The maximum atomic E-state index is 14.5. The lowest BCUT2D eigenvalue weighted by atomic mass is 10.0. The number of carbonyl (C=O) groups excluding carboxylic acids is 2. The van der Waals surface area contributed by atoms with Crippen molar-refractivity contribution < 1.29 is 18.8 Å². The Morgan fingerprint density at radius 2 is 1.71 bits per heavy atom. The molecule has 1 aliphatic rings. The highest BCUT2D eigenvalue weighted by Gasteiger charge is 2.32. The molecular weight excluding hydrogens is 561 g/mol. The predicted octanol–water partition coefficient (Wildman–Crippen LogP) is 6.96. The van der Waals surface area contributed by atoms with Crippen molar-refractivity contribution in [1.82, 2.24) is 15.0 Å². The minimum atomic E-state index is -0.353. The molecule has 0 aliphatic carbocycles. The quantitative estimate of drug-likeness (QED) is 0.256. The Morgan fingerprint density at radius 1 is 0.976 bits per heavy atom. The lowest BCUT2D eigenvalue weighted by Gasteiger charge is -2.33. The summed E-state index contributed by atoms with van der Waals surface area (Å²) in [4.78, 5) is 31.2. The van der Waals surface area contributed by atoms with Crippen LogP contribution in [0, 0.1) is 6.92 Å². The topological polar surface area (TPSA) is 75.9 Å². The number of rotatable bonds is 4. The van der Waals surface area contributed by atoms with Crippen LogP contribution in [0.3, 0.4) is 0 Å². The molecule has 1 atom stereocenters. The van der Waals surface area contributed by atoms with E-state index in [0.717, 1.165) is 5.56 Å². The highest BCUT2D eigenvalue weighted by molar-refractivity contribution is 6.33. The number of fused-ring (bicyclic) bond motifs is 1. The van der Waals surface area contributed by atoms with Gasteiger partial charge in [0, 0.05) is 30.7 Å². The Labute approximate surface area is 249 Å². The number of benzene rings is 3. The Morgan fingerprint density at radius 3 is 2.49 bits per heavy atom. The van der Waals surface area contributed by atoms with Crippen LogP contribution in [0.5, 0.6) is 5.75 Å². The van der Waals surface area contributed by atoms with Crippen LogP contribution in [0.4, 0.5) is 0 Å². The van der Waals surface area contributed by atoms with E-state index in [-0.39, 0.29) is 24.5 Å². The van der Waals surface area contributed by atoms with Crippen molar-refractivity contribution in [2.24, 2.45) is 0 Å². The first kappa shape index (κ1) is 28.7. The standard InChI is InChI=1S/C32H31Cl2N3O4/c1-21-29(30(35-41-21)25-12-6-7-13-27(25)34)32(39)37-17-9-8-16-36(2)31(38)26-19-23(33)14-15-28(26)40-20-24(37)18-22-10-4-3-5-11-22/h3-7,10-15,19,24H,8-9,16-18,20H2,1-2H3/t24-/m1/s1. The van der Waals surface area contributed by atoms with Gasteiger partial charge in [0.25, 0.3) is 11.8 Å². The Bertz CT molecular complexity index is 1540. The molecule has 212 valence electrons. The van der Waals surface area contributed by atoms with Gasteiger partial charge in [0.1, 0.15) is 29.4 Å². The molecule has 3 aromatic carbocycles. The Kier molecular flexibility index (Phi) is 8.96. The number of hydrogen-bond acceptors (Lipinski definition) is 5. The van der Waals surface area contributed by atoms with Crippen LogP contribution in [-0.2, 0) is 6.42 Å². The fourth-order valence-corrected chi connectivity index (χ4v) is 5.52. The van der Waals surface area contributed by atoms with Crippen molar-refractivity contribution in [2.45, 2.75) is 32.2 Å². The maximum Gasteiger partial charge on any atom is 0.260 e. The molecule has 1 aliphatic heterocycles. The molecule has 4 aromatic rings. The second kappa shape index (κ2) is 12.8. The van der Waals surface area contributed by atoms with E-state index in [1.165, 1.54) is 0 Å². The van der Waals surface area contributed by atoms with E-state index in [4.69, 9.17) is 32.5 Å². The number of hydrogen-bond donors (Lipinski definition) is 0. The highest BCUT2D eigenvalue weighted by atomic mass is 35.5. The van der Waals surface area contributed by atoms with Crippen LogP contribution in [0.2, 0.25) is 10.0 Å². The lowest BCUT2D eigenvalue weighted by Crippen LogP contribution is -2.46. The number of nitrogens with zero attached hydrogens (tertiary/aromatic N) is 3. The van der Waals surface area contributed by atoms with Gasteiger partial charge in [-0.3, -0.25) is 9.59 Å². The first-order valence-corrected chi connectivity index (χ1v) is 14.3. The average molecular weight is 593 g/mol. The Hall–Kier alpha value is -3.81. The van der Waals surface area contributed by atoms with E-state index in [0.29, 0.717) is 76.3 Å². The van der Waals surface area contributed by atoms with Crippen molar-refractivity contribution in [2.75, 3.05) is 26.7 Å². The zero-order valence-electron chi connectivity index (χ0n) is 23.0. The monoisotopic (exact) mass is 591 g/mol. The molecule has 0 unspecified atom stereocenters. The lowest BCUT2D eigenvalue weighted by molar-refractivity contribution is 0.0589. The molecule has 0 fully saturated rings. The van der Waals surface area contributed by atoms with Gasteiger partial charge >= 0.3 is 0 Å². The minimum absolute atomic E-state index is 0.153. The number of ether oxygens (including phenoxy) is 1. The largest absolute Gasteiger partial charge is 0.491 e. The third-order valence-corrected chi connectivity index (χ3v) is 7.88.